The molecule has 2 fully saturated rings. The van der Waals surface area contributed by atoms with Crippen LogP contribution in [0.5, 0.6) is 0 Å². The summed E-state index contributed by atoms with van der Waals surface area (Å²) in [7, 11) is 0. The zero-order valence-electron chi connectivity index (χ0n) is 10.6. The molecule has 0 aromatic carbocycles. The van der Waals surface area contributed by atoms with Crippen molar-refractivity contribution in [2.24, 2.45) is 11.8 Å². The van der Waals surface area contributed by atoms with Crippen LogP contribution in [0.25, 0.3) is 0 Å². The van der Waals surface area contributed by atoms with E-state index in [2.05, 4.69) is 13.8 Å². The molecular weight excluding hydrogens is 218 g/mol. The number of likely N-dealkylation sites (tertiary alicyclic amines) is 1. The number of carbonyl (C=O) groups excluding carboxylic acids is 1. The number of carboxylic acid groups (broad SMARTS) is 1. The maximum absolute atomic E-state index is 12.4. The number of carboxylic acids is 1. The third-order valence-electron chi connectivity index (χ3n) is 4.42. The fourth-order valence-corrected chi connectivity index (χ4v) is 3.15. The Morgan fingerprint density at radius 1 is 1.18 bits per heavy atom. The van der Waals surface area contributed by atoms with Gasteiger partial charge < -0.3 is 10.0 Å². The van der Waals surface area contributed by atoms with Crippen LogP contribution in [0.15, 0.2) is 0 Å². The van der Waals surface area contributed by atoms with Crippen molar-refractivity contribution in [2.75, 3.05) is 0 Å². The monoisotopic (exact) mass is 239 g/mol. The Bertz CT molecular complexity index is 329. The Hall–Kier alpha value is -1.06. The maximum Gasteiger partial charge on any atom is 0.307 e. The highest BCUT2D eigenvalue weighted by Crippen LogP contribution is 2.39. The van der Waals surface area contributed by atoms with Crippen molar-refractivity contribution >= 4 is 11.9 Å². The number of rotatable bonds is 3. The van der Waals surface area contributed by atoms with E-state index in [-0.39, 0.29) is 17.9 Å². The van der Waals surface area contributed by atoms with E-state index in [1.807, 2.05) is 4.90 Å². The van der Waals surface area contributed by atoms with Crippen LogP contribution in [0.3, 0.4) is 0 Å². The average molecular weight is 239 g/mol. The molecule has 1 heterocycles. The normalized spacial score (nSPS) is 36.7. The van der Waals surface area contributed by atoms with Crippen LogP contribution in [0.4, 0.5) is 0 Å². The number of carbonyl (C=O) groups is 2. The van der Waals surface area contributed by atoms with Crippen molar-refractivity contribution in [2.45, 2.75) is 58.0 Å². The molecule has 17 heavy (non-hydrogen) atoms. The van der Waals surface area contributed by atoms with Gasteiger partial charge in [0.2, 0.25) is 5.91 Å². The smallest absolute Gasteiger partial charge is 0.307 e. The van der Waals surface area contributed by atoms with Crippen LogP contribution >= 0.6 is 0 Å². The summed E-state index contributed by atoms with van der Waals surface area (Å²) in [4.78, 5) is 25.3. The van der Waals surface area contributed by atoms with Gasteiger partial charge in [-0.05, 0) is 39.0 Å². The molecule has 0 bridgehead atoms. The Morgan fingerprint density at radius 3 is 2.29 bits per heavy atom. The SMILES string of the molecule is CCC1CCC(C)N1C(=O)C1CCC1C(=O)O. The molecule has 1 saturated carbocycles. The largest absolute Gasteiger partial charge is 0.481 e. The van der Waals surface area contributed by atoms with Crippen molar-refractivity contribution in [3.63, 3.8) is 0 Å². The average Bonchev–Trinajstić information content (AvgIpc) is 2.56. The lowest BCUT2D eigenvalue weighted by Gasteiger charge is -2.38. The molecule has 4 unspecified atom stereocenters. The predicted octanol–water partition coefficient (Wildman–Crippen LogP) is 1.89. The first-order valence-corrected chi connectivity index (χ1v) is 6.61. The topological polar surface area (TPSA) is 57.6 Å². The molecular formula is C13H21NO3. The number of aliphatic carboxylic acids is 1. The van der Waals surface area contributed by atoms with E-state index in [0.717, 1.165) is 25.7 Å². The number of nitrogens with zero attached hydrogens (tertiary/aromatic N) is 1. The minimum Gasteiger partial charge on any atom is -0.481 e. The zero-order valence-corrected chi connectivity index (χ0v) is 10.6. The molecule has 0 radical (unpaired) electrons. The van der Waals surface area contributed by atoms with E-state index in [1.54, 1.807) is 0 Å². The van der Waals surface area contributed by atoms with Crippen LogP contribution in [-0.4, -0.2) is 34.0 Å². The van der Waals surface area contributed by atoms with Crippen LogP contribution in [0.2, 0.25) is 0 Å². The first-order chi connectivity index (χ1) is 8.06. The summed E-state index contributed by atoms with van der Waals surface area (Å²) < 4.78 is 0. The molecule has 2 rings (SSSR count). The second-order valence-electron chi connectivity index (χ2n) is 5.36. The highest BCUT2D eigenvalue weighted by molar-refractivity contribution is 5.87. The van der Waals surface area contributed by atoms with Gasteiger partial charge in [-0.15, -0.1) is 0 Å². The van der Waals surface area contributed by atoms with Gasteiger partial charge in [-0.1, -0.05) is 6.92 Å². The van der Waals surface area contributed by atoms with E-state index in [9.17, 15) is 9.59 Å². The quantitative estimate of drug-likeness (QED) is 0.818. The molecule has 2 aliphatic rings. The molecule has 0 aromatic rings. The summed E-state index contributed by atoms with van der Waals surface area (Å²) in [5.74, 6) is -1.43. The molecule has 0 aromatic heterocycles. The molecule has 96 valence electrons. The van der Waals surface area contributed by atoms with Gasteiger partial charge in [0, 0.05) is 12.1 Å². The summed E-state index contributed by atoms with van der Waals surface area (Å²) in [6.45, 7) is 4.17. The van der Waals surface area contributed by atoms with Crippen molar-refractivity contribution in [1.29, 1.82) is 0 Å². The third kappa shape index (κ3) is 2.05. The van der Waals surface area contributed by atoms with Gasteiger partial charge >= 0.3 is 5.97 Å². The number of amides is 1. The van der Waals surface area contributed by atoms with Gasteiger partial charge in [0.25, 0.3) is 0 Å². The molecule has 0 spiro atoms. The van der Waals surface area contributed by atoms with Gasteiger partial charge in [-0.25, -0.2) is 0 Å². The summed E-state index contributed by atoms with van der Waals surface area (Å²) in [5.41, 5.74) is 0. The molecule has 1 amide bonds. The number of hydrogen-bond acceptors (Lipinski definition) is 2. The summed E-state index contributed by atoms with van der Waals surface area (Å²) in [6.07, 6.45) is 4.49. The van der Waals surface area contributed by atoms with E-state index in [0.29, 0.717) is 12.5 Å². The molecule has 4 atom stereocenters. The summed E-state index contributed by atoms with van der Waals surface area (Å²) >= 11 is 0. The fourth-order valence-electron chi connectivity index (χ4n) is 3.15. The number of hydrogen-bond donors (Lipinski definition) is 1. The van der Waals surface area contributed by atoms with Gasteiger partial charge in [-0.3, -0.25) is 9.59 Å². The Balaban J connectivity index is 2.06. The van der Waals surface area contributed by atoms with Gasteiger partial charge in [0.1, 0.15) is 0 Å². The molecule has 1 aliphatic carbocycles. The Labute approximate surface area is 102 Å². The highest BCUT2D eigenvalue weighted by atomic mass is 16.4. The maximum atomic E-state index is 12.4. The van der Waals surface area contributed by atoms with E-state index >= 15 is 0 Å². The Morgan fingerprint density at radius 2 is 1.82 bits per heavy atom. The van der Waals surface area contributed by atoms with Crippen molar-refractivity contribution < 1.29 is 14.7 Å². The van der Waals surface area contributed by atoms with E-state index in [1.165, 1.54) is 0 Å². The first kappa shape index (κ1) is 12.4. The lowest BCUT2D eigenvalue weighted by Crippen LogP contribution is -2.49. The second kappa shape index (κ2) is 4.67. The zero-order chi connectivity index (χ0) is 12.6. The minimum absolute atomic E-state index is 0.0838. The second-order valence-corrected chi connectivity index (χ2v) is 5.36. The van der Waals surface area contributed by atoms with Crippen LogP contribution in [0.1, 0.15) is 46.0 Å². The van der Waals surface area contributed by atoms with Crippen molar-refractivity contribution in [3.05, 3.63) is 0 Å². The van der Waals surface area contributed by atoms with Gasteiger partial charge in [-0.2, -0.15) is 0 Å². The molecule has 4 nitrogen and oxygen atoms in total. The van der Waals surface area contributed by atoms with Crippen molar-refractivity contribution in [1.82, 2.24) is 4.90 Å². The minimum atomic E-state index is -0.811. The van der Waals surface area contributed by atoms with Gasteiger partial charge in [0.05, 0.1) is 11.8 Å². The van der Waals surface area contributed by atoms with E-state index < -0.39 is 11.9 Å². The predicted molar refractivity (Wildman–Crippen MR) is 63.5 cm³/mol. The third-order valence-corrected chi connectivity index (χ3v) is 4.42. The summed E-state index contributed by atoms with van der Waals surface area (Å²) in [5, 5.41) is 9.01. The van der Waals surface area contributed by atoms with Crippen LogP contribution < -0.4 is 0 Å². The first-order valence-electron chi connectivity index (χ1n) is 6.61. The Kier molecular flexibility index (Phi) is 3.40. The van der Waals surface area contributed by atoms with Crippen LogP contribution in [0, 0.1) is 11.8 Å². The lowest BCUT2D eigenvalue weighted by molar-refractivity contribution is -0.158. The molecule has 1 aliphatic heterocycles. The molecule has 1 N–H and O–H groups in total. The summed E-state index contributed by atoms with van der Waals surface area (Å²) in [6, 6.07) is 0.607. The highest BCUT2D eigenvalue weighted by Gasteiger charge is 2.46. The van der Waals surface area contributed by atoms with Crippen molar-refractivity contribution in [3.8, 4) is 0 Å². The van der Waals surface area contributed by atoms with Crippen LogP contribution in [-0.2, 0) is 9.59 Å². The standard InChI is InChI=1S/C13H21NO3/c1-3-9-5-4-8(2)14(9)12(15)10-6-7-11(10)13(16)17/h8-11H,3-7H2,1-2H3,(H,16,17). The molecule has 1 saturated heterocycles. The molecule has 4 heteroatoms. The van der Waals surface area contributed by atoms with E-state index in [4.69, 9.17) is 5.11 Å². The van der Waals surface area contributed by atoms with Gasteiger partial charge in [0.15, 0.2) is 0 Å². The fraction of sp³-hybridized carbons (Fsp3) is 0.846. The lowest BCUT2D eigenvalue weighted by atomic mass is 9.72.